The Balaban J connectivity index is 2.59. The number of hydrogen-bond acceptors (Lipinski definition) is 5. The van der Waals surface area contributed by atoms with Gasteiger partial charge in [-0.2, -0.15) is 9.47 Å². The number of carboxylic acids is 1. The average Bonchev–Trinajstić information content (AvgIpc) is 2.70. The first-order valence-corrected chi connectivity index (χ1v) is 5.38. The van der Waals surface area contributed by atoms with E-state index >= 15 is 0 Å². The van der Waals surface area contributed by atoms with Crippen molar-refractivity contribution in [1.29, 1.82) is 0 Å². The Hall–Kier alpha value is -1.76. The van der Waals surface area contributed by atoms with Crippen LogP contribution in [0.25, 0.3) is 5.13 Å². The Labute approximate surface area is 95.7 Å². The van der Waals surface area contributed by atoms with Gasteiger partial charge >= 0.3 is 5.97 Å². The van der Waals surface area contributed by atoms with Gasteiger partial charge in [-0.15, -0.1) is 0 Å². The summed E-state index contributed by atoms with van der Waals surface area (Å²) in [6.07, 6.45) is 0. The number of carbonyl (C=O) groups is 1. The zero-order chi connectivity index (χ0) is 11.9. The molecule has 2 aromatic rings. The Morgan fingerprint density at radius 2 is 2.06 bits per heavy atom. The predicted molar refractivity (Wildman–Crippen MR) is 58.2 cm³/mol. The van der Waals surface area contributed by atoms with Crippen LogP contribution in [-0.2, 0) is 0 Å². The Morgan fingerprint density at radius 3 is 2.50 bits per heavy atom. The molecule has 2 heterocycles. The lowest BCUT2D eigenvalue weighted by Crippen LogP contribution is -2.02. The van der Waals surface area contributed by atoms with E-state index < -0.39 is 5.97 Å². The van der Waals surface area contributed by atoms with Crippen molar-refractivity contribution in [2.24, 2.45) is 0 Å². The first-order valence-electron chi connectivity index (χ1n) is 4.61. The van der Waals surface area contributed by atoms with Crippen molar-refractivity contribution >= 4 is 17.5 Å². The molecule has 6 nitrogen and oxygen atoms in total. The van der Waals surface area contributed by atoms with Gasteiger partial charge in [0.1, 0.15) is 11.4 Å². The second-order valence-electron chi connectivity index (χ2n) is 3.39. The van der Waals surface area contributed by atoms with E-state index in [9.17, 15) is 4.79 Å². The van der Waals surface area contributed by atoms with Gasteiger partial charge in [0.25, 0.3) is 0 Å². The fourth-order valence-corrected chi connectivity index (χ4v) is 2.19. The van der Waals surface area contributed by atoms with Crippen LogP contribution in [0.5, 0.6) is 0 Å². The summed E-state index contributed by atoms with van der Waals surface area (Å²) >= 11 is 1.20. The molecule has 2 rings (SSSR count). The molecule has 0 amide bonds. The highest BCUT2D eigenvalue weighted by Crippen LogP contribution is 2.18. The van der Waals surface area contributed by atoms with Crippen molar-refractivity contribution in [2.45, 2.75) is 20.8 Å². The van der Waals surface area contributed by atoms with Crippen LogP contribution < -0.4 is 0 Å². The Kier molecular flexibility index (Phi) is 2.47. The predicted octanol–water partition coefficient (Wildman–Crippen LogP) is 1.35. The van der Waals surface area contributed by atoms with Crippen LogP contribution in [0.2, 0.25) is 0 Å². The monoisotopic (exact) mass is 238 g/mol. The summed E-state index contributed by atoms with van der Waals surface area (Å²) in [5.41, 5.74) is 1.28. The maximum Gasteiger partial charge on any atom is 0.339 e. The second-order valence-corrected chi connectivity index (χ2v) is 4.12. The Bertz CT molecular complexity index is 558. The van der Waals surface area contributed by atoms with Gasteiger partial charge in [-0.25, -0.2) is 14.5 Å². The molecule has 84 valence electrons. The minimum absolute atomic E-state index is 0.229. The standard InChI is InChI=1S/C9H10N4O2S/c1-4-7(8(14)15)5(2)13(11-4)9-10-6(3)12-16-9/h1-3H3,(H,14,15). The van der Waals surface area contributed by atoms with Gasteiger partial charge in [0.05, 0.1) is 11.4 Å². The third kappa shape index (κ3) is 1.58. The molecule has 0 radical (unpaired) electrons. The molecule has 7 heteroatoms. The highest BCUT2D eigenvalue weighted by Gasteiger charge is 2.19. The molecule has 0 unspecified atom stereocenters. The first kappa shape index (κ1) is 10.7. The first-order chi connectivity index (χ1) is 7.50. The van der Waals surface area contributed by atoms with E-state index in [2.05, 4.69) is 14.5 Å². The van der Waals surface area contributed by atoms with Gasteiger partial charge in [0.15, 0.2) is 0 Å². The number of aromatic carboxylic acids is 1. The van der Waals surface area contributed by atoms with Crippen LogP contribution >= 0.6 is 11.5 Å². The zero-order valence-electron chi connectivity index (χ0n) is 9.05. The molecule has 0 atom stereocenters. The van der Waals surface area contributed by atoms with E-state index in [1.807, 2.05) is 0 Å². The number of carboxylic acid groups (broad SMARTS) is 1. The van der Waals surface area contributed by atoms with Crippen LogP contribution in [0.15, 0.2) is 0 Å². The van der Waals surface area contributed by atoms with Gasteiger partial charge in [0, 0.05) is 11.5 Å². The Morgan fingerprint density at radius 1 is 1.38 bits per heavy atom. The highest BCUT2D eigenvalue weighted by atomic mass is 32.1. The maximum atomic E-state index is 11.0. The van der Waals surface area contributed by atoms with Gasteiger partial charge < -0.3 is 5.11 Å². The summed E-state index contributed by atoms with van der Waals surface area (Å²) in [6, 6.07) is 0. The largest absolute Gasteiger partial charge is 0.478 e. The quantitative estimate of drug-likeness (QED) is 0.854. The summed E-state index contributed by atoms with van der Waals surface area (Å²) in [5, 5.41) is 13.8. The highest BCUT2D eigenvalue weighted by molar-refractivity contribution is 7.08. The zero-order valence-corrected chi connectivity index (χ0v) is 9.87. The van der Waals surface area contributed by atoms with E-state index in [1.54, 1.807) is 20.8 Å². The smallest absolute Gasteiger partial charge is 0.339 e. The molecule has 0 aliphatic heterocycles. The number of rotatable bonds is 2. The van der Waals surface area contributed by atoms with Crippen LogP contribution in [-0.4, -0.2) is 30.2 Å². The summed E-state index contributed by atoms with van der Waals surface area (Å²) in [7, 11) is 0. The third-order valence-electron chi connectivity index (χ3n) is 2.20. The minimum atomic E-state index is -0.970. The number of nitrogens with zero attached hydrogens (tertiary/aromatic N) is 4. The molecular weight excluding hydrogens is 228 g/mol. The van der Waals surface area contributed by atoms with Gasteiger partial charge in [0.2, 0.25) is 5.13 Å². The molecule has 0 saturated heterocycles. The van der Waals surface area contributed by atoms with Gasteiger partial charge in [-0.1, -0.05) is 0 Å². The molecule has 0 saturated carbocycles. The lowest BCUT2D eigenvalue weighted by atomic mass is 10.2. The average molecular weight is 238 g/mol. The second kappa shape index (κ2) is 3.67. The molecule has 0 aliphatic rings. The van der Waals surface area contributed by atoms with Crippen LogP contribution in [0.1, 0.15) is 27.6 Å². The minimum Gasteiger partial charge on any atom is -0.478 e. The van der Waals surface area contributed by atoms with Crippen molar-refractivity contribution in [3.8, 4) is 5.13 Å². The topological polar surface area (TPSA) is 80.9 Å². The number of aryl methyl sites for hydroxylation is 2. The molecule has 2 aromatic heterocycles. The van der Waals surface area contributed by atoms with E-state index in [0.717, 1.165) is 0 Å². The molecule has 0 bridgehead atoms. The van der Waals surface area contributed by atoms with Crippen molar-refractivity contribution in [3.63, 3.8) is 0 Å². The van der Waals surface area contributed by atoms with Crippen LogP contribution in [0.4, 0.5) is 0 Å². The fourth-order valence-electron chi connectivity index (χ4n) is 1.51. The SMILES string of the molecule is Cc1nsc(-n2nc(C)c(C(=O)O)c2C)n1. The summed E-state index contributed by atoms with van der Waals surface area (Å²) in [6.45, 7) is 5.16. The van der Waals surface area contributed by atoms with Crippen molar-refractivity contribution in [2.75, 3.05) is 0 Å². The number of aromatic nitrogens is 4. The lowest BCUT2D eigenvalue weighted by molar-refractivity contribution is 0.0695. The van der Waals surface area contributed by atoms with E-state index in [1.165, 1.54) is 16.2 Å². The van der Waals surface area contributed by atoms with Gasteiger partial charge in [-0.05, 0) is 20.8 Å². The molecule has 1 N–H and O–H groups in total. The summed E-state index contributed by atoms with van der Waals surface area (Å²) in [4.78, 5) is 15.2. The van der Waals surface area contributed by atoms with Crippen molar-refractivity contribution < 1.29 is 9.90 Å². The van der Waals surface area contributed by atoms with Gasteiger partial charge in [-0.3, -0.25) is 0 Å². The van der Waals surface area contributed by atoms with E-state index in [4.69, 9.17) is 5.11 Å². The van der Waals surface area contributed by atoms with E-state index in [-0.39, 0.29) is 5.56 Å². The molecule has 16 heavy (non-hydrogen) atoms. The summed E-state index contributed by atoms with van der Waals surface area (Å²) in [5.74, 6) is -0.313. The van der Waals surface area contributed by atoms with Crippen LogP contribution in [0, 0.1) is 20.8 Å². The molecule has 0 aliphatic carbocycles. The fraction of sp³-hybridized carbons (Fsp3) is 0.333. The normalized spacial score (nSPS) is 10.7. The van der Waals surface area contributed by atoms with Crippen molar-refractivity contribution in [1.82, 2.24) is 19.1 Å². The molecule has 0 aromatic carbocycles. The molecule has 0 fully saturated rings. The number of hydrogen-bond donors (Lipinski definition) is 1. The lowest BCUT2D eigenvalue weighted by Gasteiger charge is -1.97. The molecular formula is C9H10N4O2S. The third-order valence-corrected chi connectivity index (χ3v) is 2.99. The summed E-state index contributed by atoms with van der Waals surface area (Å²) < 4.78 is 5.56. The van der Waals surface area contributed by atoms with E-state index in [0.29, 0.717) is 22.3 Å². The van der Waals surface area contributed by atoms with Crippen molar-refractivity contribution in [3.05, 3.63) is 22.8 Å². The molecule has 0 spiro atoms. The van der Waals surface area contributed by atoms with Crippen LogP contribution in [0.3, 0.4) is 0 Å². The maximum absolute atomic E-state index is 11.0.